The van der Waals surface area contributed by atoms with Crippen LogP contribution in [0.1, 0.15) is 23.2 Å². The van der Waals surface area contributed by atoms with Crippen molar-refractivity contribution in [3.05, 3.63) is 29.1 Å². The van der Waals surface area contributed by atoms with Crippen molar-refractivity contribution in [3.8, 4) is 0 Å². The Labute approximate surface area is 124 Å². The molecule has 7 heteroatoms. The molecule has 0 aromatic carbocycles. The zero-order valence-electron chi connectivity index (χ0n) is 11.8. The number of urea groups is 1. The Balaban J connectivity index is 1.54. The van der Waals surface area contributed by atoms with Gasteiger partial charge in [-0.25, -0.2) is 13.2 Å². The third kappa shape index (κ3) is 3.34. The molecule has 1 fully saturated rings. The minimum absolute atomic E-state index is 0.0564. The number of aryl methyl sites for hydroxylation is 2. The van der Waals surface area contributed by atoms with Crippen LogP contribution in [-0.4, -0.2) is 48.9 Å². The van der Waals surface area contributed by atoms with Crippen LogP contribution in [0.4, 0.5) is 4.79 Å². The molecule has 21 heavy (non-hydrogen) atoms. The fourth-order valence-corrected chi connectivity index (χ4v) is 3.98. The number of rotatable bonds is 2. The summed E-state index contributed by atoms with van der Waals surface area (Å²) in [7, 11) is -2.95. The van der Waals surface area contributed by atoms with Crippen LogP contribution >= 0.6 is 0 Å². The fraction of sp³-hybridized carbons (Fsp3) is 0.571. The van der Waals surface area contributed by atoms with Gasteiger partial charge in [0, 0.05) is 31.5 Å². The van der Waals surface area contributed by atoms with E-state index in [-0.39, 0.29) is 30.6 Å². The average molecular weight is 309 g/mol. The topological polar surface area (TPSA) is 79.4 Å². The molecular formula is C14H19N3O3S. The van der Waals surface area contributed by atoms with Crippen LogP contribution in [0.2, 0.25) is 0 Å². The summed E-state index contributed by atoms with van der Waals surface area (Å²) in [5.74, 6) is 0.113. The monoisotopic (exact) mass is 309 g/mol. The smallest absolute Gasteiger partial charge is 0.317 e. The van der Waals surface area contributed by atoms with E-state index in [1.807, 2.05) is 6.20 Å². The maximum Gasteiger partial charge on any atom is 0.317 e. The van der Waals surface area contributed by atoms with Crippen LogP contribution in [0.3, 0.4) is 0 Å². The summed E-state index contributed by atoms with van der Waals surface area (Å²) >= 11 is 0. The van der Waals surface area contributed by atoms with E-state index in [0.29, 0.717) is 6.54 Å². The number of nitrogens with one attached hydrogen (secondary N) is 1. The highest BCUT2D eigenvalue weighted by Gasteiger charge is 2.24. The first-order valence-electron chi connectivity index (χ1n) is 7.23. The van der Waals surface area contributed by atoms with Crippen LogP contribution in [0.25, 0.3) is 0 Å². The minimum atomic E-state index is -2.95. The number of sulfone groups is 1. The van der Waals surface area contributed by atoms with Crippen molar-refractivity contribution in [1.29, 1.82) is 0 Å². The van der Waals surface area contributed by atoms with Crippen LogP contribution in [0, 0.1) is 0 Å². The molecule has 0 atom stereocenters. The molecule has 0 spiro atoms. The fourth-order valence-electron chi connectivity index (χ4n) is 2.78. The van der Waals surface area contributed by atoms with Gasteiger partial charge in [-0.3, -0.25) is 4.98 Å². The number of pyridine rings is 1. The largest absolute Gasteiger partial charge is 0.334 e. The zero-order chi connectivity index (χ0) is 14.9. The van der Waals surface area contributed by atoms with Gasteiger partial charge in [0.25, 0.3) is 0 Å². The van der Waals surface area contributed by atoms with E-state index < -0.39 is 9.84 Å². The predicted octanol–water partition coefficient (Wildman–Crippen LogP) is 0.510. The van der Waals surface area contributed by atoms with Gasteiger partial charge in [-0.15, -0.1) is 0 Å². The van der Waals surface area contributed by atoms with Crippen molar-refractivity contribution in [1.82, 2.24) is 15.2 Å². The predicted molar refractivity (Wildman–Crippen MR) is 78.7 cm³/mol. The highest BCUT2D eigenvalue weighted by atomic mass is 32.2. The first kappa shape index (κ1) is 14.3. The molecule has 2 heterocycles. The van der Waals surface area contributed by atoms with Gasteiger partial charge in [0.15, 0.2) is 9.84 Å². The lowest BCUT2D eigenvalue weighted by atomic mass is 10.1. The molecule has 6 nitrogen and oxygen atoms in total. The lowest BCUT2D eigenvalue weighted by Gasteiger charge is -2.26. The molecule has 114 valence electrons. The first-order chi connectivity index (χ1) is 10.0. The van der Waals surface area contributed by atoms with Crippen molar-refractivity contribution >= 4 is 15.9 Å². The van der Waals surface area contributed by atoms with E-state index in [1.54, 1.807) is 4.90 Å². The highest BCUT2D eigenvalue weighted by molar-refractivity contribution is 7.91. The number of nitrogens with zero attached hydrogens (tertiary/aromatic N) is 2. The summed E-state index contributed by atoms with van der Waals surface area (Å²) < 4.78 is 22.7. The third-order valence-electron chi connectivity index (χ3n) is 4.05. The second-order valence-corrected chi connectivity index (χ2v) is 7.90. The summed E-state index contributed by atoms with van der Waals surface area (Å²) in [6, 6.07) is 1.90. The Kier molecular flexibility index (Phi) is 3.84. The van der Waals surface area contributed by atoms with Crippen molar-refractivity contribution < 1.29 is 13.2 Å². The molecule has 0 saturated carbocycles. The number of hydrogen-bond donors (Lipinski definition) is 1. The molecule has 0 unspecified atom stereocenters. The molecule has 3 rings (SSSR count). The van der Waals surface area contributed by atoms with E-state index in [0.717, 1.165) is 24.8 Å². The number of carbonyl (C=O) groups is 1. The number of amides is 2. The summed E-state index contributed by atoms with van der Waals surface area (Å²) in [6.45, 7) is 0.982. The van der Waals surface area contributed by atoms with Gasteiger partial charge in [0.05, 0.1) is 11.5 Å². The van der Waals surface area contributed by atoms with Gasteiger partial charge in [-0.2, -0.15) is 0 Å². The van der Waals surface area contributed by atoms with Gasteiger partial charge in [-0.05, 0) is 30.4 Å². The van der Waals surface area contributed by atoms with Gasteiger partial charge in [0.2, 0.25) is 0 Å². The Morgan fingerprint density at radius 3 is 2.81 bits per heavy atom. The SMILES string of the molecule is O=C(NCc1cnc2c(c1)CCC2)N1CCS(=O)(=O)CC1. The maximum absolute atomic E-state index is 12.0. The molecule has 0 bridgehead atoms. The Bertz CT molecular complexity index is 643. The first-order valence-corrected chi connectivity index (χ1v) is 9.05. The van der Waals surface area contributed by atoms with Gasteiger partial charge in [0.1, 0.15) is 0 Å². The molecular weight excluding hydrogens is 290 g/mol. The van der Waals surface area contributed by atoms with Crippen LogP contribution in [0.5, 0.6) is 0 Å². The second kappa shape index (κ2) is 5.63. The van der Waals surface area contributed by atoms with Crippen molar-refractivity contribution in [2.24, 2.45) is 0 Å². The molecule has 1 saturated heterocycles. The number of carbonyl (C=O) groups excluding carboxylic acids is 1. The maximum atomic E-state index is 12.0. The number of hydrogen-bond acceptors (Lipinski definition) is 4. The molecule has 2 aliphatic rings. The van der Waals surface area contributed by atoms with E-state index in [2.05, 4.69) is 16.4 Å². The third-order valence-corrected chi connectivity index (χ3v) is 5.66. The average Bonchev–Trinajstić information content (AvgIpc) is 2.92. The van der Waals surface area contributed by atoms with E-state index >= 15 is 0 Å². The molecule has 1 aliphatic heterocycles. The van der Waals surface area contributed by atoms with Crippen LogP contribution in [0.15, 0.2) is 12.3 Å². The minimum Gasteiger partial charge on any atom is -0.334 e. The Morgan fingerprint density at radius 2 is 2.05 bits per heavy atom. The quantitative estimate of drug-likeness (QED) is 0.863. The van der Waals surface area contributed by atoms with Crippen LogP contribution in [-0.2, 0) is 29.2 Å². The van der Waals surface area contributed by atoms with Crippen molar-refractivity contribution in [2.75, 3.05) is 24.6 Å². The summed E-state index contributed by atoms with van der Waals surface area (Å²) in [5.41, 5.74) is 3.45. The summed E-state index contributed by atoms with van der Waals surface area (Å²) in [4.78, 5) is 18.0. The lowest BCUT2D eigenvalue weighted by molar-refractivity contribution is 0.201. The van der Waals surface area contributed by atoms with E-state index in [9.17, 15) is 13.2 Å². The van der Waals surface area contributed by atoms with Crippen LogP contribution < -0.4 is 5.32 Å². The molecule has 1 aromatic heterocycles. The van der Waals surface area contributed by atoms with E-state index in [4.69, 9.17) is 0 Å². The number of fused-ring (bicyclic) bond motifs is 1. The Hall–Kier alpha value is -1.63. The standard InChI is InChI=1S/C14H19N3O3S/c18-14(17-4-6-21(19,20)7-5-17)16-10-11-8-12-2-1-3-13(12)15-9-11/h8-9H,1-7,10H2,(H,16,18). The second-order valence-electron chi connectivity index (χ2n) is 5.60. The van der Waals surface area contributed by atoms with Crippen molar-refractivity contribution in [3.63, 3.8) is 0 Å². The van der Waals surface area contributed by atoms with Gasteiger partial charge < -0.3 is 10.2 Å². The molecule has 1 aliphatic carbocycles. The summed E-state index contributed by atoms with van der Waals surface area (Å²) in [6.07, 6.45) is 5.07. The zero-order valence-corrected chi connectivity index (χ0v) is 12.7. The molecule has 2 amide bonds. The van der Waals surface area contributed by atoms with Gasteiger partial charge in [-0.1, -0.05) is 6.07 Å². The number of aromatic nitrogens is 1. The lowest BCUT2D eigenvalue weighted by Crippen LogP contribution is -2.47. The highest BCUT2D eigenvalue weighted by Crippen LogP contribution is 2.20. The molecule has 0 radical (unpaired) electrons. The Morgan fingerprint density at radius 1 is 1.29 bits per heavy atom. The molecule has 1 aromatic rings. The van der Waals surface area contributed by atoms with Crippen molar-refractivity contribution in [2.45, 2.75) is 25.8 Å². The van der Waals surface area contributed by atoms with E-state index in [1.165, 1.54) is 11.3 Å². The van der Waals surface area contributed by atoms with Gasteiger partial charge >= 0.3 is 6.03 Å². The normalized spacial score (nSPS) is 20.1. The summed E-state index contributed by atoms with van der Waals surface area (Å²) in [5, 5.41) is 2.84. The molecule has 1 N–H and O–H groups in total.